The van der Waals surface area contributed by atoms with Gasteiger partial charge in [-0.3, -0.25) is 4.79 Å². The molecule has 0 heterocycles. The molecule has 3 nitrogen and oxygen atoms in total. The fourth-order valence-corrected chi connectivity index (χ4v) is 2.42. The van der Waals surface area contributed by atoms with Gasteiger partial charge in [0.05, 0.1) is 17.4 Å². The first-order valence-corrected chi connectivity index (χ1v) is 7.29. The minimum Gasteiger partial charge on any atom is -0.460 e. The van der Waals surface area contributed by atoms with Crippen molar-refractivity contribution in [2.45, 2.75) is 11.5 Å². The van der Waals surface area contributed by atoms with Crippen molar-refractivity contribution in [1.29, 1.82) is 5.26 Å². The summed E-state index contributed by atoms with van der Waals surface area (Å²) in [5, 5.41) is 8.77. The summed E-state index contributed by atoms with van der Waals surface area (Å²) in [5.74, 6) is -1.82. The standard InChI is InChI=1S/C16H11F2NO2S/c17-13-4-5-14(18)15(7-13)22-10-16(20)21-9-12-3-1-2-11(6-12)8-19/h1-7H,9-10H2. The van der Waals surface area contributed by atoms with Crippen LogP contribution in [0.2, 0.25) is 0 Å². The number of thioether (sulfide) groups is 1. The Morgan fingerprint density at radius 1 is 1.23 bits per heavy atom. The first kappa shape index (κ1) is 16.0. The van der Waals surface area contributed by atoms with Crippen LogP contribution in [0.4, 0.5) is 8.78 Å². The van der Waals surface area contributed by atoms with Crippen LogP contribution in [-0.4, -0.2) is 11.7 Å². The number of nitrogens with zero attached hydrogens (tertiary/aromatic N) is 1. The lowest BCUT2D eigenvalue weighted by atomic mass is 10.1. The van der Waals surface area contributed by atoms with Gasteiger partial charge in [-0.05, 0) is 35.9 Å². The SMILES string of the molecule is N#Cc1cccc(COC(=O)CSc2cc(F)ccc2F)c1. The van der Waals surface area contributed by atoms with Crippen LogP contribution in [-0.2, 0) is 16.1 Å². The van der Waals surface area contributed by atoms with Crippen molar-refractivity contribution < 1.29 is 18.3 Å². The van der Waals surface area contributed by atoms with Crippen LogP contribution in [0.3, 0.4) is 0 Å². The molecule has 0 saturated heterocycles. The second-order valence-electron chi connectivity index (χ2n) is 4.34. The van der Waals surface area contributed by atoms with E-state index in [0.717, 1.165) is 30.0 Å². The Balaban J connectivity index is 1.85. The molecule has 0 bridgehead atoms. The molecule has 0 fully saturated rings. The monoisotopic (exact) mass is 319 g/mol. The summed E-state index contributed by atoms with van der Waals surface area (Å²) in [7, 11) is 0. The van der Waals surface area contributed by atoms with Gasteiger partial charge in [-0.25, -0.2) is 8.78 Å². The van der Waals surface area contributed by atoms with Crippen molar-refractivity contribution in [2.75, 3.05) is 5.75 Å². The van der Waals surface area contributed by atoms with Gasteiger partial charge in [0, 0.05) is 4.90 Å². The predicted octanol–water partition coefficient (Wildman–Crippen LogP) is 3.67. The summed E-state index contributed by atoms with van der Waals surface area (Å²) < 4.78 is 31.4. The van der Waals surface area contributed by atoms with E-state index in [1.165, 1.54) is 0 Å². The van der Waals surface area contributed by atoms with E-state index in [-0.39, 0.29) is 17.3 Å². The molecule has 0 aromatic heterocycles. The molecule has 0 atom stereocenters. The average Bonchev–Trinajstić information content (AvgIpc) is 2.54. The van der Waals surface area contributed by atoms with E-state index in [9.17, 15) is 13.6 Å². The fraction of sp³-hybridized carbons (Fsp3) is 0.125. The number of benzene rings is 2. The summed E-state index contributed by atoms with van der Waals surface area (Å²) in [5.41, 5.74) is 1.17. The molecule has 112 valence electrons. The minimum absolute atomic E-state index is 0.0283. The predicted molar refractivity (Wildman–Crippen MR) is 78.0 cm³/mol. The Morgan fingerprint density at radius 2 is 2.05 bits per heavy atom. The summed E-state index contributed by atoms with van der Waals surface area (Å²) in [6, 6.07) is 11.7. The van der Waals surface area contributed by atoms with Crippen molar-refractivity contribution in [2.24, 2.45) is 0 Å². The Bertz CT molecular complexity index is 728. The van der Waals surface area contributed by atoms with Crippen LogP contribution in [0.1, 0.15) is 11.1 Å². The molecule has 22 heavy (non-hydrogen) atoms. The van der Waals surface area contributed by atoms with Gasteiger partial charge < -0.3 is 4.74 Å². The molecule has 2 rings (SSSR count). The van der Waals surface area contributed by atoms with Crippen molar-refractivity contribution in [1.82, 2.24) is 0 Å². The number of carbonyl (C=O) groups is 1. The van der Waals surface area contributed by atoms with Crippen molar-refractivity contribution >= 4 is 17.7 Å². The van der Waals surface area contributed by atoms with Crippen LogP contribution in [0, 0.1) is 23.0 Å². The maximum atomic E-state index is 13.4. The number of esters is 1. The quantitative estimate of drug-likeness (QED) is 0.623. The zero-order valence-electron chi connectivity index (χ0n) is 11.4. The molecular weight excluding hydrogens is 308 g/mol. The molecule has 0 amide bonds. The van der Waals surface area contributed by atoms with Gasteiger partial charge in [-0.15, -0.1) is 11.8 Å². The highest BCUT2D eigenvalue weighted by atomic mass is 32.2. The van der Waals surface area contributed by atoms with Crippen LogP contribution in [0.15, 0.2) is 47.4 Å². The molecule has 2 aromatic rings. The third-order valence-corrected chi connectivity index (χ3v) is 3.70. The molecule has 0 spiro atoms. The summed E-state index contributed by atoms with van der Waals surface area (Å²) in [4.78, 5) is 11.7. The van der Waals surface area contributed by atoms with E-state index in [4.69, 9.17) is 10.00 Å². The molecule has 0 aliphatic heterocycles. The van der Waals surface area contributed by atoms with E-state index in [0.29, 0.717) is 11.1 Å². The number of nitriles is 1. The van der Waals surface area contributed by atoms with Gasteiger partial charge in [0.2, 0.25) is 0 Å². The van der Waals surface area contributed by atoms with Crippen molar-refractivity contribution in [3.63, 3.8) is 0 Å². The lowest BCUT2D eigenvalue weighted by molar-refractivity contribution is -0.141. The second kappa shape index (κ2) is 7.57. The normalized spacial score (nSPS) is 10.0. The average molecular weight is 319 g/mol. The Kier molecular flexibility index (Phi) is 5.50. The molecule has 0 radical (unpaired) electrons. The summed E-state index contributed by atoms with van der Waals surface area (Å²) >= 11 is 0.870. The number of hydrogen-bond donors (Lipinski definition) is 0. The van der Waals surface area contributed by atoms with E-state index in [1.54, 1.807) is 24.3 Å². The second-order valence-corrected chi connectivity index (χ2v) is 5.35. The Morgan fingerprint density at radius 3 is 2.82 bits per heavy atom. The van der Waals surface area contributed by atoms with Gasteiger partial charge in [-0.2, -0.15) is 5.26 Å². The molecule has 2 aromatic carbocycles. The largest absolute Gasteiger partial charge is 0.460 e. The maximum absolute atomic E-state index is 13.4. The number of halogens is 2. The molecule has 6 heteroatoms. The third kappa shape index (κ3) is 4.57. The molecule has 0 N–H and O–H groups in total. The van der Waals surface area contributed by atoms with E-state index >= 15 is 0 Å². The van der Waals surface area contributed by atoms with Gasteiger partial charge in [-0.1, -0.05) is 12.1 Å². The van der Waals surface area contributed by atoms with Gasteiger partial charge in [0.15, 0.2) is 0 Å². The zero-order chi connectivity index (χ0) is 15.9. The highest BCUT2D eigenvalue weighted by Crippen LogP contribution is 2.22. The van der Waals surface area contributed by atoms with Gasteiger partial charge in [0.25, 0.3) is 0 Å². The van der Waals surface area contributed by atoms with Crippen LogP contribution >= 0.6 is 11.8 Å². The zero-order valence-corrected chi connectivity index (χ0v) is 12.2. The van der Waals surface area contributed by atoms with Crippen molar-refractivity contribution in [3.05, 3.63) is 65.2 Å². The molecule has 0 saturated carbocycles. The van der Waals surface area contributed by atoms with E-state index < -0.39 is 17.6 Å². The summed E-state index contributed by atoms with van der Waals surface area (Å²) in [6.45, 7) is 0.0283. The first-order valence-electron chi connectivity index (χ1n) is 6.31. The van der Waals surface area contributed by atoms with E-state index in [2.05, 4.69) is 0 Å². The van der Waals surface area contributed by atoms with Crippen LogP contribution < -0.4 is 0 Å². The lowest BCUT2D eigenvalue weighted by Crippen LogP contribution is -2.07. The highest BCUT2D eigenvalue weighted by molar-refractivity contribution is 8.00. The highest BCUT2D eigenvalue weighted by Gasteiger charge is 2.09. The van der Waals surface area contributed by atoms with Gasteiger partial charge >= 0.3 is 5.97 Å². The van der Waals surface area contributed by atoms with Crippen LogP contribution in [0.25, 0.3) is 0 Å². The van der Waals surface area contributed by atoms with E-state index in [1.807, 2.05) is 6.07 Å². The molecule has 0 aliphatic rings. The smallest absolute Gasteiger partial charge is 0.316 e. The molecule has 0 unspecified atom stereocenters. The number of rotatable bonds is 5. The first-order chi connectivity index (χ1) is 10.6. The summed E-state index contributed by atoms with van der Waals surface area (Å²) in [6.07, 6.45) is 0. The lowest BCUT2D eigenvalue weighted by Gasteiger charge is -2.06. The third-order valence-electron chi connectivity index (χ3n) is 2.69. The molecule has 0 aliphatic carbocycles. The van der Waals surface area contributed by atoms with Gasteiger partial charge in [0.1, 0.15) is 18.2 Å². The Hall–Kier alpha value is -2.39. The number of hydrogen-bond acceptors (Lipinski definition) is 4. The fourth-order valence-electron chi connectivity index (χ4n) is 1.66. The minimum atomic E-state index is -0.582. The topological polar surface area (TPSA) is 50.1 Å². The van der Waals surface area contributed by atoms with Crippen molar-refractivity contribution in [3.8, 4) is 6.07 Å². The maximum Gasteiger partial charge on any atom is 0.316 e. The number of carbonyl (C=O) groups excluding carboxylic acids is 1. The Labute approximate surface area is 130 Å². The number of ether oxygens (including phenoxy) is 1. The van der Waals surface area contributed by atoms with Crippen LogP contribution in [0.5, 0.6) is 0 Å². The molecular formula is C16H11F2NO2S.